The molecule has 1 aromatic heterocycles. The summed E-state index contributed by atoms with van der Waals surface area (Å²) in [6.07, 6.45) is 1.87. The van der Waals surface area contributed by atoms with Crippen LogP contribution in [0.3, 0.4) is 0 Å². The number of rotatable bonds is 7. The van der Waals surface area contributed by atoms with Gasteiger partial charge in [0.15, 0.2) is 0 Å². The minimum absolute atomic E-state index is 0.224. The van der Waals surface area contributed by atoms with E-state index in [-0.39, 0.29) is 5.97 Å². The quantitative estimate of drug-likeness (QED) is 0.767. The van der Waals surface area contributed by atoms with Crippen LogP contribution < -0.4 is 5.32 Å². The monoisotopic (exact) mass is 317 g/mol. The van der Waals surface area contributed by atoms with Crippen molar-refractivity contribution >= 4 is 22.3 Å². The van der Waals surface area contributed by atoms with Crippen LogP contribution in [0.4, 0.5) is 5.00 Å². The third-order valence-corrected chi connectivity index (χ3v) is 4.98. The molecule has 0 amide bonds. The van der Waals surface area contributed by atoms with E-state index < -0.39 is 0 Å². The zero-order chi connectivity index (χ0) is 15.9. The number of benzene rings is 1. The molecule has 0 fully saturated rings. The van der Waals surface area contributed by atoms with Gasteiger partial charge in [-0.3, -0.25) is 0 Å². The van der Waals surface area contributed by atoms with Gasteiger partial charge in [0.25, 0.3) is 0 Å². The number of aryl methyl sites for hydroxylation is 1. The topological polar surface area (TPSA) is 38.3 Å². The predicted octanol–water partition coefficient (Wildman–Crippen LogP) is 4.45. The van der Waals surface area contributed by atoms with Crippen molar-refractivity contribution < 1.29 is 9.53 Å². The maximum atomic E-state index is 12.2. The van der Waals surface area contributed by atoms with Crippen LogP contribution in [0.25, 0.3) is 0 Å². The van der Waals surface area contributed by atoms with Crippen molar-refractivity contribution in [2.75, 3.05) is 18.5 Å². The highest BCUT2D eigenvalue weighted by Crippen LogP contribution is 2.34. The molecule has 0 saturated heterocycles. The van der Waals surface area contributed by atoms with E-state index >= 15 is 0 Å². The third-order valence-electron chi connectivity index (χ3n) is 3.59. The van der Waals surface area contributed by atoms with E-state index in [1.807, 2.05) is 32.0 Å². The zero-order valence-electron chi connectivity index (χ0n) is 13.4. The van der Waals surface area contributed by atoms with E-state index in [1.54, 1.807) is 11.3 Å². The lowest BCUT2D eigenvalue weighted by molar-refractivity contribution is 0.0527. The summed E-state index contributed by atoms with van der Waals surface area (Å²) in [6.45, 7) is 7.16. The molecular weight excluding hydrogens is 294 g/mol. The van der Waals surface area contributed by atoms with Gasteiger partial charge in [0.05, 0.1) is 12.2 Å². The van der Waals surface area contributed by atoms with Crippen molar-refractivity contribution in [1.82, 2.24) is 0 Å². The Morgan fingerprint density at radius 3 is 2.59 bits per heavy atom. The van der Waals surface area contributed by atoms with E-state index in [4.69, 9.17) is 4.74 Å². The van der Waals surface area contributed by atoms with Gasteiger partial charge in [-0.25, -0.2) is 4.79 Å². The van der Waals surface area contributed by atoms with E-state index in [0.29, 0.717) is 12.2 Å². The number of ether oxygens (including phenoxy) is 1. The van der Waals surface area contributed by atoms with Crippen LogP contribution in [0.2, 0.25) is 0 Å². The molecular formula is C18H23NO2S. The summed E-state index contributed by atoms with van der Waals surface area (Å²) in [5.74, 6) is -0.224. The second-order valence-corrected chi connectivity index (χ2v) is 6.20. The molecule has 118 valence electrons. The van der Waals surface area contributed by atoms with E-state index in [9.17, 15) is 4.79 Å². The Morgan fingerprint density at radius 2 is 1.95 bits per heavy atom. The molecule has 2 rings (SSSR count). The molecule has 2 aromatic rings. The summed E-state index contributed by atoms with van der Waals surface area (Å²) >= 11 is 1.66. The molecule has 3 nitrogen and oxygen atoms in total. The van der Waals surface area contributed by atoms with Gasteiger partial charge in [-0.05, 0) is 37.8 Å². The maximum Gasteiger partial charge on any atom is 0.341 e. The van der Waals surface area contributed by atoms with Gasteiger partial charge in [-0.2, -0.15) is 0 Å². The van der Waals surface area contributed by atoms with Gasteiger partial charge in [-0.1, -0.05) is 37.3 Å². The Kier molecular flexibility index (Phi) is 6.01. The second-order valence-electron chi connectivity index (χ2n) is 5.09. The zero-order valence-corrected chi connectivity index (χ0v) is 14.3. The molecule has 22 heavy (non-hydrogen) atoms. The third kappa shape index (κ3) is 3.89. The first kappa shape index (κ1) is 16.6. The molecule has 0 aliphatic heterocycles. The SMILES string of the molecule is CCOC(=O)c1c(NCCc2ccccc2)sc(CC)c1C. The number of hydrogen-bond donors (Lipinski definition) is 1. The number of nitrogens with one attached hydrogen (secondary N) is 1. The highest BCUT2D eigenvalue weighted by molar-refractivity contribution is 7.16. The van der Waals surface area contributed by atoms with Crippen LogP contribution in [0.5, 0.6) is 0 Å². The van der Waals surface area contributed by atoms with E-state index in [2.05, 4.69) is 24.4 Å². The van der Waals surface area contributed by atoms with E-state index in [1.165, 1.54) is 10.4 Å². The molecule has 0 atom stereocenters. The molecule has 0 aliphatic rings. The average Bonchev–Trinajstić information content (AvgIpc) is 2.84. The first-order valence-electron chi connectivity index (χ1n) is 7.74. The molecule has 0 bridgehead atoms. The van der Waals surface area contributed by atoms with Crippen LogP contribution in [0.15, 0.2) is 30.3 Å². The minimum Gasteiger partial charge on any atom is -0.462 e. The molecule has 1 aromatic carbocycles. The number of anilines is 1. The summed E-state index contributed by atoms with van der Waals surface area (Å²) in [5.41, 5.74) is 3.04. The van der Waals surface area contributed by atoms with Gasteiger partial charge >= 0.3 is 5.97 Å². The average molecular weight is 317 g/mol. The van der Waals surface area contributed by atoms with Gasteiger partial charge in [0.2, 0.25) is 0 Å². The normalized spacial score (nSPS) is 10.5. The van der Waals surface area contributed by atoms with Crippen molar-refractivity contribution in [3.63, 3.8) is 0 Å². The van der Waals surface area contributed by atoms with Crippen molar-refractivity contribution in [3.05, 3.63) is 51.9 Å². The lowest BCUT2D eigenvalue weighted by Crippen LogP contribution is -2.10. The maximum absolute atomic E-state index is 12.2. The number of hydrogen-bond acceptors (Lipinski definition) is 4. The summed E-state index contributed by atoms with van der Waals surface area (Å²) < 4.78 is 5.20. The van der Waals surface area contributed by atoms with E-state index in [0.717, 1.165) is 30.0 Å². The lowest BCUT2D eigenvalue weighted by atomic mass is 10.1. The largest absolute Gasteiger partial charge is 0.462 e. The molecule has 0 radical (unpaired) electrons. The van der Waals surface area contributed by atoms with Crippen LogP contribution in [0.1, 0.15) is 40.2 Å². The van der Waals surface area contributed by atoms with Crippen LogP contribution in [-0.4, -0.2) is 19.1 Å². The molecule has 0 unspecified atom stereocenters. The van der Waals surface area contributed by atoms with Crippen molar-refractivity contribution in [3.8, 4) is 0 Å². The fourth-order valence-corrected chi connectivity index (χ4v) is 3.60. The Labute approximate surface area is 136 Å². The summed E-state index contributed by atoms with van der Waals surface area (Å²) in [4.78, 5) is 13.4. The number of carbonyl (C=O) groups is 1. The van der Waals surface area contributed by atoms with Gasteiger partial charge < -0.3 is 10.1 Å². The Bertz CT molecular complexity index is 620. The first-order chi connectivity index (χ1) is 10.7. The Hall–Kier alpha value is -1.81. The lowest BCUT2D eigenvalue weighted by Gasteiger charge is -2.08. The second kappa shape index (κ2) is 7.99. The fourth-order valence-electron chi connectivity index (χ4n) is 2.44. The van der Waals surface area contributed by atoms with Crippen LogP contribution in [0, 0.1) is 6.92 Å². The minimum atomic E-state index is -0.224. The van der Waals surface area contributed by atoms with Crippen molar-refractivity contribution in [2.45, 2.75) is 33.6 Å². The fraction of sp³-hybridized carbons (Fsp3) is 0.389. The molecule has 0 spiro atoms. The van der Waals surface area contributed by atoms with Crippen LogP contribution in [-0.2, 0) is 17.6 Å². The number of carbonyl (C=O) groups excluding carboxylic acids is 1. The van der Waals surface area contributed by atoms with Crippen LogP contribution >= 0.6 is 11.3 Å². The van der Waals surface area contributed by atoms with Gasteiger partial charge in [-0.15, -0.1) is 11.3 Å². The Morgan fingerprint density at radius 1 is 1.23 bits per heavy atom. The predicted molar refractivity (Wildman–Crippen MR) is 93.0 cm³/mol. The molecule has 1 N–H and O–H groups in total. The van der Waals surface area contributed by atoms with Gasteiger partial charge in [0.1, 0.15) is 5.00 Å². The van der Waals surface area contributed by atoms with Crippen molar-refractivity contribution in [1.29, 1.82) is 0 Å². The van der Waals surface area contributed by atoms with Gasteiger partial charge in [0, 0.05) is 11.4 Å². The molecule has 4 heteroatoms. The number of esters is 1. The highest BCUT2D eigenvalue weighted by Gasteiger charge is 2.21. The Balaban J connectivity index is 2.10. The smallest absolute Gasteiger partial charge is 0.341 e. The summed E-state index contributed by atoms with van der Waals surface area (Å²) in [5, 5.41) is 4.35. The number of thiophene rings is 1. The summed E-state index contributed by atoms with van der Waals surface area (Å²) in [7, 11) is 0. The van der Waals surface area contributed by atoms with Crippen molar-refractivity contribution in [2.24, 2.45) is 0 Å². The molecule has 1 heterocycles. The highest BCUT2D eigenvalue weighted by atomic mass is 32.1. The first-order valence-corrected chi connectivity index (χ1v) is 8.56. The standard InChI is InChI=1S/C18H23NO2S/c1-4-15-13(3)16(18(20)21-5-2)17(22-15)19-12-11-14-9-7-6-8-10-14/h6-10,19H,4-5,11-12H2,1-3H3. The molecule has 0 saturated carbocycles. The molecule has 0 aliphatic carbocycles. The summed E-state index contributed by atoms with van der Waals surface area (Å²) in [6, 6.07) is 10.3.